The van der Waals surface area contributed by atoms with Gasteiger partial charge in [-0.05, 0) is 31.0 Å². The van der Waals surface area contributed by atoms with Crippen LogP contribution in [-0.2, 0) is 16.0 Å². The molecule has 2 heterocycles. The number of hydrogen-bond donors (Lipinski definition) is 1. The Hall–Kier alpha value is -2.64. The van der Waals surface area contributed by atoms with E-state index >= 15 is 0 Å². The minimum atomic E-state index is -0.0197. The third kappa shape index (κ3) is 5.09. The van der Waals surface area contributed by atoms with E-state index in [0.717, 1.165) is 52.5 Å². The summed E-state index contributed by atoms with van der Waals surface area (Å²) in [5.74, 6) is 1.09. The van der Waals surface area contributed by atoms with Crippen LogP contribution in [0.3, 0.4) is 0 Å². The number of ether oxygens (including phenoxy) is 2. The first kappa shape index (κ1) is 20.6. The van der Waals surface area contributed by atoms with Crippen molar-refractivity contribution in [3.63, 3.8) is 0 Å². The lowest BCUT2D eigenvalue weighted by molar-refractivity contribution is -0.119. The van der Waals surface area contributed by atoms with E-state index in [9.17, 15) is 4.79 Å². The molecule has 1 atom stereocenters. The van der Waals surface area contributed by atoms with Gasteiger partial charge in [0.05, 0.1) is 35.7 Å². The monoisotopic (exact) mass is 423 g/mol. The summed E-state index contributed by atoms with van der Waals surface area (Å²) >= 11 is 1.42. The second kappa shape index (κ2) is 9.91. The molecule has 0 aliphatic carbocycles. The van der Waals surface area contributed by atoms with Crippen LogP contribution in [0.1, 0.15) is 24.1 Å². The number of methoxy groups -OCH3 is 1. The maximum absolute atomic E-state index is 12.4. The van der Waals surface area contributed by atoms with Crippen molar-refractivity contribution in [3.8, 4) is 5.75 Å². The second-order valence-corrected chi connectivity index (χ2v) is 8.14. The number of fused-ring (bicyclic) bond motifs is 1. The summed E-state index contributed by atoms with van der Waals surface area (Å²) in [5, 5.41) is 3.74. The zero-order valence-corrected chi connectivity index (χ0v) is 17.8. The van der Waals surface area contributed by atoms with Gasteiger partial charge in [-0.2, -0.15) is 0 Å². The molecule has 3 aromatic rings. The van der Waals surface area contributed by atoms with Gasteiger partial charge < -0.3 is 14.8 Å². The summed E-state index contributed by atoms with van der Waals surface area (Å²) < 4.78 is 11.1. The molecule has 1 aromatic heterocycles. The molecule has 0 unspecified atom stereocenters. The normalized spacial score (nSPS) is 16.0. The van der Waals surface area contributed by atoms with Crippen LogP contribution in [0.2, 0.25) is 0 Å². The average Bonchev–Trinajstić information content (AvgIpc) is 3.30. The zero-order chi connectivity index (χ0) is 20.8. The highest BCUT2D eigenvalue weighted by molar-refractivity contribution is 7.99. The standard InChI is InChI=1S/C23H25N3O3S/c1-28-21-11-5-2-7-16(21)13-20-23(26-19-10-4-3-9-18(19)25-20)30-15-22(27)24-14-17-8-6-12-29-17/h2-5,7,9-11,17H,6,8,12-15H2,1H3,(H,24,27)/t17-/m1/s1. The fourth-order valence-electron chi connectivity index (χ4n) is 3.50. The average molecular weight is 424 g/mol. The largest absolute Gasteiger partial charge is 0.496 e. The smallest absolute Gasteiger partial charge is 0.230 e. The topological polar surface area (TPSA) is 73.3 Å². The van der Waals surface area contributed by atoms with E-state index in [1.54, 1.807) is 7.11 Å². The van der Waals surface area contributed by atoms with Gasteiger partial charge in [-0.15, -0.1) is 0 Å². The summed E-state index contributed by atoms with van der Waals surface area (Å²) in [6.45, 7) is 1.35. The molecule has 0 saturated carbocycles. The van der Waals surface area contributed by atoms with Gasteiger partial charge in [-0.25, -0.2) is 9.97 Å². The van der Waals surface area contributed by atoms with Crippen LogP contribution in [-0.4, -0.2) is 48.0 Å². The fourth-order valence-corrected chi connectivity index (χ4v) is 4.32. The van der Waals surface area contributed by atoms with E-state index in [1.807, 2.05) is 48.5 Å². The Labute approximate surface area is 180 Å². The third-order valence-corrected chi connectivity index (χ3v) is 6.05. The quantitative estimate of drug-likeness (QED) is 0.558. The number of thioether (sulfide) groups is 1. The van der Waals surface area contributed by atoms with Gasteiger partial charge in [0.2, 0.25) is 5.91 Å². The summed E-state index contributed by atoms with van der Waals surface area (Å²) in [7, 11) is 1.67. The Morgan fingerprint density at radius 1 is 1.17 bits per heavy atom. The van der Waals surface area contributed by atoms with E-state index in [0.29, 0.717) is 18.7 Å². The summed E-state index contributed by atoms with van der Waals surface area (Å²) in [6.07, 6.45) is 2.79. The molecular formula is C23H25N3O3S. The summed E-state index contributed by atoms with van der Waals surface area (Å²) in [5.41, 5.74) is 3.54. The van der Waals surface area contributed by atoms with E-state index < -0.39 is 0 Å². The first-order chi connectivity index (χ1) is 14.7. The van der Waals surface area contributed by atoms with Crippen molar-refractivity contribution in [1.82, 2.24) is 15.3 Å². The van der Waals surface area contributed by atoms with E-state index in [-0.39, 0.29) is 12.0 Å². The lowest BCUT2D eigenvalue weighted by atomic mass is 10.1. The Balaban J connectivity index is 1.51. The molecule has 0 radical (unpaired) electrons. The molecule has 6 nitrogen and oxygen atoms in total. The number of nitrogens with one attached hydrogen (secondary N) is 1. The number of para-hydroxylation sites is 3. The van der Waals surface area contributed by atoms with Crippen LogP contribution >= 0.6 is 11.8 Å². The minimum Gasteiger partial charge on any atom is -0.496 e. The molecule has 1 aliphatic rings. The number of aromatic nitrogens is 2. The van der Waals surface area contributed by atoms with Gasteiger partial charge in [0.25, 0.3) is 0 Å². The maximum atomic E-state index is 12.4. The number of rotatable bonds is 8. The Morgan fingerprint density at radius 2 is 1.93 bits per heavy atom. The van der Waals surface area contributed by atoms with Gasteiger partial charge in [0.1, 0.15) is 10.8 Å². The molecule has 0 bridgehead atoms. The van der Waals surface area contributed by atoms with E-state index in [4.69, 9.17) is 19.4 Å². The second-order valence-electron chi connectivity index (χ2n) is 7.18. The lowest BCUT2D eigenvalue weighted by Crippen LogP contribution is -2.32. The van der Waals surface area contributed by atoms with Crippen molar-refractivity contribution in [2.24, 2.45) is 0 Å². The zero-order valence-electron chi connectivity index (χ0n) is 17.0. The molecule has 2 aromatic carbocycles. The Bertz CT molecular complexity index is 1020. The Kier molecular flexibility index (Phi) is 6.81. The van der Waals surface area contributed by atoms with Gasteiger partial charge in [0, 0.05) is 25.1 Å². The molecule has 1 fully saturated rings. The molecule has 7 heteroatoms. The number of carbonyl (C=O) groups is 1. The summed E-state index contributed by atoms with van der Waals surface area (Å²) in [4.78, 5) is 22.0. The third-order valence-electron chi connectivity index (χ3n) is 5.05. The minimum absolute atomic E-state index is 0.0197. The van der Waals surface area contributed by atoms with E-state index in [1.165, 1.54) is 11.8 Å². The van der Waals surface area contributed by atoms with Crippen molar-refractivity contribution in [2.75, 3.05) is 26.0 Å². The number of nitrogens with zero attached hydrogens (tertiary/aromatic N) is 2. The predicted molar refractivity (Wildman–Crippen MR) is 118 cm³/mol. The molecular weight excluding hydrogens is 398 g/mol. The SMILES string of the molecule is COc1ccccc1Cc1nc2ccccc2nc1SCC(=O)NC[C@H]1CCCO1. The molecule has 4 rings (SSSR count). The highest BCUT2D eigenvalue weighted by atomic mass is 32.2. The van der Waals surface area contributed by atoms with Gasteiger partial charge in [0.15, 0.2) is 0 Å². The Morgan fingerprint density at radius 3 is 2.70 bits per heavy atom. The molecule has 30 heavy (non-hydrogen) atoms. The highest BCUT2D eigenvalue weighted by Crippen LogP contribution is 2.27. The fraction of sp³-hybridized carbons (Fsp3) is 0.348. The molecule has 156 valence electrons. The van der Waals surface area contributed by atoms with Crippen LogP contribution in [0, 0.1) is 0 Å². The van der Waals surface area contributed by atoms with Crippen LogP contribution in [0.15, 0.2) is 53.6 Å². The number of benzene rings is 2. The number of carbonyl (C=O) groups excluding carboxylic acids is 1. The molecule has 1 aliphatic heterocycles. The number of hydrogen-bond acceptors (Lipinski definition) is 6. The molecule has 0 spiro atoms. The predicted octanol–water partition coefficient (Wildman–Crippen LogP) is 3.62. The number of amides is 1. The van der Waals surface area contributed by atoms with Crippen LogP contribution in [0.5, 0.6) is 5.75 Å². The van der Waals surface area contributed by atoms with Crippen LogP contribution < -0.4 is 10.1 Å². The van der Waals surface area contributed by atoms with Crippen LogP contribution in [0.4, 0.5) is 0 Å². The first-order valence-electron chi connectivity index (χ1n) is 10.1. The van der Waals surface area contributed by atoms with E-state index in [2.05, 4.69) is 5.32 Å². The van der Waals surface area contributed by atoms with Gasteiger partial charge in [-0.1, -0.05) is 42.1 Å². The molecule has 1 N–H and O–H groups in total. The van der Waals surface area contributed by atoms with Crippen molar-refractivity contribution in [3.05, 3.63) is 59.8 Å². The highest BCUT2D eigenvalue weighted by Gasteiger charge is 2.17. The van der Waals surface area contributed by atoms with Crippen molar-refractivity contribution in [2.45, 2.75) is 30.4 Å². The van der Waals surface area contributed by atoms with Crippen molar-refractivity contribution >= 4 is 28.7 Å². The molecule has 1 saturated heterocycles. The summed E-state index contributed by atoms with van der Waals surface area (Å²) in [6, 6.07) is 15.7. The van der Waals surface area contributed by atoms with Gasteiger partial charge >= 0.3 is 0 Å². The first-order valence-corrected chi connectivity index (χ1v) is 11.1. The van der Waals surface area contributed by atoms with Gasteiger partial charge in [-0.3, -0.25) is 4.79 Å². The molecule has 1 amide bonds. The lowest BCUT2D eigenvalue weighted by Gasteiger charge is -2.13. The van der Waals surface area contributed by atoms with Crippen molar-refractivity contribution in [1.29, 1.82) is 0 Å². The maximum Gasteiger partial charge on any atom is 0.230 e. The van der Waals surface area contributed by atoms with Crippen LogP contribution in [0.25, 0.3) is 11.0 Å². The van der Waals surface area contributed by atoms with Crippen molar-refractivity contribution < 1.29 is 14.3 Å².